The smallest absolute Gasteiger partial charge is 0.157 e. The summed E-state index contributed by atoms with van der Waals surface area (Å²) in [6.07, 6.45) is 5.03. The van der Waals surface area contributed by atoms with E-state index in [0.29, 0.717) is 5.92 Å². The Hall–Kier alpha value is -1.03. The lowest BCUT2D eigenvalue weighted by atomic mass is 10.1. The summed E-state index contributed by atoms with van der Waals surface area (Å²) in [6.45, 7) is 9.37. The van der Waals surface area contributed by atoms with Gasteiger partial charge >= 0.3 is 0 Å². The highest BCUT2D eigenvalue weighted by atomic mass is 16.5. The number of nitrogens with zero attached hydrogens (tertiary/aromatic N) is 2. The molecule has 1 aromatic rings. The minimum Gasteiger partial charge on any atom is -0.485 e. The summed E-state index contributed by atoms with van der Waals surface area (Å²) in [5.74, 6) is 1.57. The maximum Gasteiger partial charge on any atom is 0.157 e. The molecule has 0 aliphatic carbocycles. The molecule has 1 saturated heterocycles. The second-order valence-electron chi connectivity index (χ2n) is 5.47. The van der Waals surface area contributed by atoms with Crippen LogP contribution in [0.3, 0.4) is 0 Å². The molecule has 1 aliphatic heterocycles. The van der Waals surface area contributed by atoms with Crippen molar-refractivity contribution < 1.29 is 4.74 Å². The van der Waals surface area contributed by atoms with Gasteiger partial charge in [-0.1, -0.05) is 0 Å². The van der Waals surface area contributed by atoms with Crippen molar-refractivity contribution in [3.05, 3.63) is 12.4 Å². The van der Waals surface area contributed by atoms with Gasteiger partial charge in [-0.2, -0.15) is 5.10 Å². The fraction of sp³-hybridized carbons (Fsp3) is 0.750. The maximum atomic E-state index is 5.75. The van der Waals surface area contributed by atoms with E-state index in [4.69, 9.17) is 4.74 Å². The van der Waals surface area contributed by atoms with Gasteiger partial charge in [-0.15, -0.1) is 0 Å². The highest BCUT2D eigenvalue weighted by Gasteiger charge is 2.17. The Morgan fingerprint density at radius 3 is 3.00 bits per heavy atom. The van der Waals surface area contributed by atoms with Gasteiger partial charge in [0.05, 0.1) is 12.4 Å². The van der Waals surface area contributed by atoms with Crippen LogP contribution >= 0.6 is 0 Å². The van der Waals surface area contributed by atoms with Crippen molar-refractivity contribution in [1.29, 1.82) is 0 Å². The molecule has 90 valence electrons. The second-order valence-corrected chi connectivity index (χ2v) is 5.47. The van der Waals surface area contributed by atoms with Crippen molar-refractivity contribution in [1.82, 2.24) is 15.1 Å². The molecule has 1 N–H and O–H groups in total. The van der Waals surface area contributed by atoms with Crippen LogP contribution in [0.25, 0.3) is 0 Å². The standard InChI is InChI=1S/C12H21N3O/c1-12(2,3)16-11-7-14-15(9-11)8-10-4-5-13-6-10/h7,9-10,13H,4-6,8H2,1-3H3. The Morgan fingerprint density at radius 2 is 2.38 bits per heavy atom. The Bertz CT molecular complexity index is 334. The van der Waals surface area contributed by atoms with Crippen LogP contribution in [0.1, 0.15) is 27.2 Å². The first kappa shape index (κ1) is 11.5. The summed E-state index contributed by atoms with van der Waals surface area (Å²) in [5.41, 5.74) is -0.150. The largest absolute Gasteiger partial charge is 0.485 e. The minimum absolute atomic E-state index is 0.150. The number of rotatable bonds is 3. The summed E-state index contributed by atoms with van der Waals surface area (Å²) in [5, 5.41) is 7.69. The van der Waals surface area contributed by atoms with Crippen molar-refractivity contribution >= 4 is 0 Å². The van der Waals surface area contributed by atoms with Gasteiger partial charge < -0.3 is 10.1 Å². The average molecular weight is 223 g/mol. The molecule has 4 nitrogen and oxygen atoms in total. The highest BCUT2D eigenvalue weighted by Crippen LogP contribution is 2.18. The van der Waals surface area contributed by atoms with E-state index >= 15 is 0 Å². The monoisotopic (exact) mass is 223 g/mol. The molecule has 1 aliphatic rings. The molecule has 0 bridgehead atoms. The zero-order chi connectivity index (χ0) is 11.6. The zero-order valence-corrected chi connectivity index (χ0v) is 10.4. The SMILES string of the molecule is CC(C)(C)Oc1cnn(CC2CCNC2)c1. The van der Waals surface area contributed by atoms with Crippen LogP contribution in [0.4, 0.5) is 0 Å². The van der Waals surface area contributed by atoms with E-state index in [9.17, 15) is 0 Å². The van der Waals surface area contributed by atoms with Crippen molar-refractivity contribution in [2.45, 2.75) is 39.3 Å². The number of nitrogens with one attached hydrogen (secondary N) is 1. The number of ether oxygens (including phenoxy) is 1. The third kappa shape index (κ3) is 3.23. The van der Waals surface area contributed by atoms with Crippen LogP contribution in [0.15, 0.2) is 12.4 Å². The predicted octanol–water partition coefficient (Wildman–Crippen LogP) is 1.67. The molecule has 1 aromatic heterocycles. The third-order valence-corrected chi connectivity index (χ3v) is 2.64. The summed E-state index contributed by atoms with van der Waals surface area (Å²) >= 11 is 0. The van der Waals surface area contributed by atoms with Crippen molar-refractivity contribution in [2.75, 3.05) is 13.1 Å². The Balaban J connectivity index is 1.91. The van der Waals surface area contributed by atoms with Gasteiger partial charge in [0.2, 0.25) is 0 Å². The van der Waals surface area contributed by atoms with E-state index in [-0.39, 0.29) is 5.60 Å². The average Bonchev–Trinajstić information content (AvgIpc) is 2.75. The molecule has 0 radical (unpaired) electrons. The van der Waals surface area contributed by atoms with Gasteiger partial charge in [0.15, 0.2) is 5.75 Å². The van der Waals surface area contributed by atoms with E-state index < -0.39 is 0 Å². The summed E-state index contributed by atoms with van der Waals surface area (Å²) in [7, 11) is 0. The second kappa shape index (κ2) is 4.45. The maximum absolute atomic E-state index is 5.75. The van der Waals surface area contributed by atoms with Crippen molar-refractivity contribution in [3.8, 4) is 5.75 Å². The van der Waals surface area contributed by atoms with Crippen LogP contribution in [-0.2, 0) is 6.54 Å². The first-order chi connectivity index (χ1) is 7.53. The molecule has 1 fully saturated rings. The third-order valence-electron chi connectivity index (χ3n) is 2.64. The summed E-state index contributed by atoms with van der Waals surface area (Å²) < 4.78 is 7.73. The van der Waals surface area contributed by atoms with Gasteiger partial charge in [0, 0.05) is 6.54 Å². The molecule has 1 atom stereocenters. The number of hydrogen-bond acceptors (Lipinski definition) is 3. The highest BCUT2D eigenvalue weighted by molar-refractivity contribution is 5.12. The van der Waals surface area contributed by atoms with E-state index in [2.05, 4.69) is 10.4 Å². The normalized spacial score (nSPS) is 21.3. The van der Waals surface area contributed by atoms with Gasteiger partial charge in [-0.3, -0.25) is 4.68 Å². The Labute approximate surface area is 97.0 Å². The van der Waals surface area contributed by atoms with E-state index in [1.807, 2.05) is 31.6 Å². The fourth-order valence-electron chi connectivity index (χ4n) is 1.99. The lowest BCUT2D eigenvalue weighted by Crippen LogP contribution is -2.22. The van der Waals surface area contributed by atoms with Gasteiger partial charge in [-0.25, -0.2) is 0 Å². The van der Waals surface area contributed by atoms with E-state index in [1.54, 1.807) is 6.20 Å². The molecule has 2 heterocycles. The van der Waals surface area contributed by atoms with Crippen LogP contribution in [-0.4, -0.2) is 28.5 Å². The van der Waals surface area contributed by atoms with Crippen LogP contribution in [0, 0.1) is 5.92 Å². The van der Waals surface area contributed by atoms with E-state index in [0.717, 1.165) is 25.4 Å². The summed E-state index contributed by atoms with van der Waals surface area (Å²) in [6, 6.07) is 0. The lowest BCUT2D eigenvalue weighted by molar-refractivity contribution is 0.130. The molecule has 16 heavy (non-hydrogen) atoms. The number of hydrogen-bond donors (Lipinski definition) is 1. The topological polar surface area (TPSA) is 39.1 Å². The van der Waals surface area contributed by atoms with E-state index in [1.165, 1.54) is 6.42 Å². The number of aromatic nitrogens is 2. The molecule has 0 aromatic carbocycles. The first-order valence-corrected chi connectivity index (χ1v) is 5.95. The minimum atomic E-state index is -0.150. The van der Waals surface area contributed by atoms with Crippen molar-refractivity contribution in [3.63, 3.8) is 0 Å². The van der Waals surface area contributed by atoms with Gasteiger partial charge in [0.1, 0.15) is 5.60 Å². The molecule has 0 saturated carbocycles. The Kier molecular flexibility index (Phi) is 3.19. The van der Waals surface area contributed by atoms with Crippen LogP contribution in [0.5, 0.6) is 5.75 Å². The molecule has 0 amide bonds. The molecule has 4 heteroatoms. The first-order valence-electron chi connectivity index (χ1n) is 5.95. The summed E-state index contributed by atoms with van der Waals surface area (Å²) in [4.78, 5) is 0. The molecular formula is C12H21N3O. The molecule has 1 unspecified atom stereocenters. The molecule has 2 rings (SSSR count). The van der Waals surface area contributed by atoms with Crippen LogP contribution in [0.2, 0.25) is 0 Å². The van der Waals surface area contributed by atoms with Crippen LogP contribution < -0.4 is 10.1 Å². The van der Waals surface area contributed by atoms with Gasteiger partial charge in [-0.05, 0) is 46.2 Å². The fourth-order valence-corrected chi connectivity index (χ4v) is 1.99. The predicted molar refractivity (Wildman–Crippen MR) is 63.6 cm³/mol. The Morgan fingerprint density at radius 1 is 1.56 bits per heavy atom. The molecular weight excluding hydrogens is 202 g/mol. The van der Waals surface area contributed by atoms with Crippen molar-refractivity contribution in [2.24, 2.45) is 5.92 Å². The zero-order valence-electron chi connectivity index (χ0n) is 10.4. The quantitative estimate of drug-likeness (QED) is 0.847. The lowest BCUT2D eigenvalue weighted by Gasteiger charge is -2.19. The van der Waals surface area contributed by atoms with Gasteiger partial charge in [0.25, 0.3) is 0 Å². The molecule has 0 spiro atoms.